The van der Waals surface area contributed by atoms with Crippen molar-refractivity contribution in [2.45, 2.75) is 34.1 Å². The van der Waals surface area contributed by atoms with Crippen LogP contribution in [0.4, 0.5) is 0 Å². The van der Waals surface area contributed by atoms with Gasteiger partial charge in [0.1, 0.15) is 5.75 Å². The van der Waals surface area contributed by atoms with Crippen LogP contribution in [-0.4, -0.2) is 6.61 Å². The minimum atomic E-state index is 0.743. The molecule has 0 saturated heterocycles. The molecule has 1 aromatic carbocycles. The van der Waals surface area contributed by atoms with Crippen LogP contribution in [0, 0.1) is 13.8 Å². The fraction of sp³-hybridized carbons (Fsp3) is 0.500. The number of benzene rings is 1. The number of aryl methyl sites for hydroxylation is 2. The van der Waals surface area contributed by atoms with Crippen molar-refractivity contribution in [3.05, 3.63) is 28.8 Å². The molecule has 0 radical (unpaired) electrons. The highest BCUT2D eigenvalue weighted by Crippen LogP contribution is 2.24. The third kappa shape index (κ3) is 2.24. The van der Waals surface area contributed by atoms with Crippen molar-refractivity contribution >= 4 is 0 Å². The zero-order valence-electron chi connectivity index (χ0n) is 8.98. The van der Waals surface area contributed by atoms with Crippen molar-refractivity contribution in [2.24, 2.45) is 0 Å². The first-order chi connectivity index (χ1) is 6.19. The van der Waals surface area contributed by atoms with Gasteiger partial charge >= 0.3 is 0 Å². The summed E-state index contributed by atoms with van der Waals surface area (Å²) in [6.07, 6.45) is 1.08. The topological polar surface area (TPSA) is 9.23 Å². The molecule has 0 unspecified atom stereocenters. The van der Waals surface area contributed by atoms with E-state index in [0.29, 0.717) is 0 Å². The Balaban J connectivity index is 3.11. The highest BCUT2D eigenvalue weighted by atomic mass is 16.5. The molecule has 1 nitrogen and oxygen atoms in total. The van der Waals surface area contributed by atoms with Gasteiger partial charge in [0.05, 0.1) is 6.61 Å². The zero-order chi connectivity index (χ0) is 9.84. The number of hydrogen-bond donors (Lipinski definition) is 0. The molecular formula is C12H18O. The third-order valence-electron chi connectivity index (χ3n) is 2.29. The van der Waals surface area contributed by atoms with Crippen LogP contribution in [0.25, 0.3) is 0 Å². The van der Waals surface area contributed by atoms with Crippen LogP contribution in [0.3, 0.4) is 0 Å². The van der Waals surface area contributed by atoms with Crippen molar-refractivity contribution in [3.8, 4) is 5.75 Å². The molecule has 13 heavy (non-hydrogen) atoms. The van der Waals surface area contributed by atoms with Crippen molar-refractivity contribution in [1.82, 2.24) is 0 Å². The van der Waals surface area contributed by atoms with Crippen molar-refractivity contribution in [3.63, 3.8) is 0 Å². The quantitative estimate of drug-likeness (QED) is 0.690. The van der Waals surface area contributed by atoms with Gasteiger partial charge in [-0.25, -0.2) is 0 Å². The lowest BCUT2D eigenvalue weighted by Gasteiger charge is -2.11. The summed E-state index contributed by atoms with van der Waals surface area (Å²) in [6.45, 7) is 9.18. The van der Waals surface area contributed by atoms with Crippen LogP contribution in [0.5, 0.6) is 5.75 Å². The summed E-state index contributed by atoms with van der Waals surface area (Å²) in [5.74, 6) is 1.04. The van der Waals surface area contributed by atoms with Crippen LogP contribution >= 0.6 is 0 Å². The van der Waals surface area contributed by atoms with E-state index in [1.807, 2.05) is 6.92 Å². The van der Waals surface area contributed by atoms with Gasteiger partial charge < -0.3 is 4.74 Å². The van der Waals surface area contributed by atoms with E-state index in [1.54, 1.807) is 0 Å². The Hall–Kier alpha value is -0.980. The van der Waals surface area contributed by atoms with E-state index in [1.165, 1.54) is 16.7 Å². The van der Waals surface area contributed by atoms with E-state index in [2.05, 4.69) is 32.9 Å². The number of rotatable bonds is 3. The highest BCUT2D eigenvalue weighted by molar-refractivity contribution is 5.42. The highest BCUT2D eigenvalue weighted by Gasteiger charge is 2.04. The first-order valence-corrected chi connectivity index (χ1v) is 4.92. The normalized spacial score (nSPS) is 10.2. The van der Waals surface area contributed by atoms with Gasteiger partial charge in [-0.2, -0.15) is 0 Å². The molecule has 0 aliphatic heterocycles. The van der Waals surface area contributed by atoms with Crippen LogP contribution in [0.2, 0.25) is 0 Å². The fourth-order valence-electron chi connectivity index (χ4n) is 1.57. The smallest absolute Gasteiger partial charge is 0.122 e. The molecule has 0 heterocycles. The first-order valence-electron chi connectivity index (χ1n) is 4.92. The Bertz CT molecular complexity index is 289. The van der Waals surface area contributed by atoms with E-state index >= 15 is 0 Å². The second kappa shape index (κ2) is 4.31. The van der Waals surface area contributed by atoms with Gasteiger partial charge in [0.15, 0.2) is 0 Å². The average Bonchev–Trinajstić information content (AvgIpc) is 2.11. The van der Waals surface area contributed by atoms with Crippen LogP contribution in [0.15, 0.2) is 12.1 Å². The van der Waals surface area contributed by atoms with Gasteiger partial charge in [-0.15, -0.1) is 0 Å². The molecule has 0 N–H and O–H groups in total. The second-order valence-electron chi connectivity index (χ2n) is 3.33. The molecule has 0 amide bonds. The number of ether oxygens (including phenoxy) is 1. The molecular weight excluding hydrogens is 160 g/mol. The summed E-state index contributed by atoms with van der Waals surface area (Å²) in [5.41, 5.74) is 3.96. The summed E-state index contributed by atoms with van der Waals surface area (Å²) in [6, 6.07) is 4.34. The summed E-state index contributed by atoms with van der Waals surface area (Å²) >= 11 is 0. The standard InChI is InChI=1S/C12H18O/c1-5-11-7-9(3)8-12(10(11)4)13-6-2/h7-8H,5-6H2,1-4H3. The Labute approximate surface area is 80.7 Å². The Morgan fingerprint density at radius 1 is 1.15 bits per heavy atom. The summed E-state index contributed by atoms with van der Waals surface area (Å²) < 4.78 is 5.56. The molecule has 0 saturated carbocycles. The lowest BCUT2D eigenvalue weighted by atomic mass is 10.0. The molecule has 72 valence electrons. The maximum Gasteiger partial charge on any atom is 0.122 e. The molecule has 1 rings (SSSR count). The summed E-state index contributed by atoms with van der Waals surface area (Å²) in [4.78, 5) is 0. The van der Waals surface area contributed by atoms with Gasteiger partial charge in [-0.05, 0) is 49.9 Å². The third-order valence-corrected chi connectivity index (χ3v) is 2.29. The van der Waals surface area contributed by atoms with Gasteiger partial charge in [-0.1, -0.05) is 13.0 Å². The van der Waals surface area contributed by atoms with E-state index < -0.39 is 0 Å². The van der Waals surface area contributed by atoms with Crippen molar-refractivity contribution < 1.29 is 4.74 Å². The molecule has 0 aliphatic rings. The van der Waals surface area contributed by atoms with Gasteiger partial charge in [0, 0.05) is 0 Å². The molecule has 1 heteroatoms. The Morgan fingerprint density at radius 3 is 2.38 bits per heavy atom. The number of hydrogen-bond acceptors (Lipinski definition) is 1. The minimum Gasteiger partial charge on any atom is -0.494 e. The van der Waals surface area contributed by atoms with Crippen LogP contribution < -0.4 is 4.74 Å². The summed E-state index contributed by atoms with van der Waals surface area (Å²) in [5, 5.41) is 0. The van der Waals surface area contributed by atoms with E-state index in [4.69, 9.17) is 4.74 Å². The monoisotopic (exact) mass is 178 g/mol. The molecule has 0 aliphatic carbocycles. The molecule has 0 atom stereocenters. The van der Waals surface area contributed by atoms with Crippen LogP contribution in [0.1, 0.15) is 30.5 Å². The predicted molar refractivity (Wildman–Crippen MR) is 56.5 cm³/mol. The molecule has 1 aromatic rings. The van der Waals surface area contributed by atoms with E-state index in [0.717, 1.165) is 18.8 Å². The van der Waals surface area contributed by atoms with Gasteiger partial charge in [0.25, 0.3) is 0 Å². The maximum absolute atomic E-state index is 5.56. The van der Waals surface area contributed by atoms with Crippen LogP contribution in [-0.2, 0) is 6.42 Å². The maximum atomic E-state index is 5.56. The van der Waals surface area contributed by atoms with E-state index in [9.17, 15) is 0 Å². The largest absolute Gasteiger partial charge is 0.494 e. The Morgan fingerprint density at radius 2 is 1.85 bits per heavy atom. The lowest BCUT2D eigenvalue weighted by Crippen LogP contribution is -1.97. The van der Waals surface area contributed by atoms with E-state index in [-0.39, 0.29) is 0 Å². The van der Waals surface area contributed by atoms with Gasteiger partial charge in [0.2, 0.25) is 0 Å². The molecule has 0 aromatic heterocycles. The van der Waals surface area contributed by atoms with Gasteiger partial charge in [-0.3, -0.25) is 0 Å². The Kier molecular flexibility index (Phi) is 3.35. The average molecular weight is 178 g/mol. The lowest BCUT2D eigenvalue weighted by molar-refractivity contribution is 0.337. The molecule has 0 bridgehead atoms. The summed E-state index contributed by atoms with van der Waals surface area (Å²) in [7, 11) is 0. The SMILES string of the molecule is CCOc1cc(C)cc(CC)c1C. The predicted octanol–water partition coefficient (Wildman–Crippen LogP) is 3.26. The molecule has 0 spiro atoms. The molecule has 0 fully saturated rings. The van der Waals surface area contributed by atoms with Crippen molar-refractivity contribution in [2.75, 3.05) is 6.61 Å². The first kappa shape index (κ1) is 10.1. The van der Waals surface area contributed by atoms with Crippen molar-refractivity contribution in [1.29, 1.82) is 0 Å². The zero-order valence-corrected chi connectivity index (χ0v) is 8.98. The second-order valence-corrected chi connectivity index (χ2v) is 3.33. The minimum absolute atomic E-state index is 0.743. The fourth-order valence-corrected chi connectivity index (χ4v) is 1.57.